The van der Waals surface area contributed by atoms with Crippen LogP contribution in [0.1, 0.15) is 25.3 Å². The number of ether oxygens (including phenoxy) is 1. The molecule has 0 bridgehead atoms. The van der Waals surface area contributed by atoms with Crippen molar-refractivity contribution in [3.8, 4) is 0 Å². The molecular weight excluding hydrogens is 255 g/mol. The van der Waals surface area contributed by atoms with E-state index in [0.717, 1.165) is 50.2 Å². The van der Waals surface area contributed by atoms with Crippen molar-refractivity contribution in [3.05, 3.63) is 29.6 Å². The van der Waals surface area contributed by atoms with Crippen LogP contribution in [-0.4, -0.2) is 32.8 Å². The molecule has 0 radical (unpaired) electrons. The molecule has 1 heterocycles. The summed E-state index contributed by atoms with van der Waals surface area (Å²) >= 11 is 0. The summed E-state index contributed by atoms with van der Waals surface area (Å²) < 4.78 is 19.5. The molecular formula is C16H25FN2O. The smallest absolute Gasteiger partial charge is 0.146 e. The minimum atomic E-state index is -0.135. The molecule has 2 N–H and O–H groups in total. The Morgan fingerprint density at radius 1 is 1.50 bits per heavy atom. The number of para-hydroxylation sites is 1. The van der Waals surface area contributed by atoms with E-state index in [9.17, 15) is 4.39 Å². The van der Waals surface area contributed by atoms with Crippen molar-refractivity contribution in [2.75, 3.05) is 31.7 Å². The maximum atomic E-state index is 14.3. The van der Waals surface area contributed by atoms with Crippen LogP contribution in [0.15, 0.2) is 18.2 Å². The predicted molar refractivity (Wildman–Crippen MR) is 80.6 cm³/mol. The average molecular weight is 280 g/mol. The summed E-state index contributed by atoms with van der Waals surface area (Å²) in [6.07, 6.45) is 2.69. The molecule has 1 aromatic carbocycles. The minimum absolute atomic E-state index is 0.0907. The molecule has 0 saturated carbocycles. The SMILES string of the molecule is CCC(N)Cc1cccc(F)c1N1CCC(COC)C1. The number of hydrogen-bond donors (Lipinski definition) is 1. The molecule has 1 aliphatic rings. The molecule has 2 unspecified atom stereocenters. The van der Waals surface area contributed by atoms with Gasteiger partial charge in [0.2, 0.25) is 0 Å². The van der Waals surface area contributed by atoms with Gasteiger partial charge in [-0.3, -0.25) is 0 Å². The predicted octanol–water partition coefficient (Wildman–Crippen LogP) is 2.58. The fourth-order valence-electron chi connectivity index (χ4n) is 2.91. The van der Waals surface area contributed by atoms with Crippen molar-refractivity contribution in [1.82, 2.24) is 0 Å². The summed E-state index contributed by atoms with van der Waals surface area (Å²) in [7, 11) is 1.72. The maximum Gasteiger partial charge on any atom is 0.146 e. The van der Waals surface area contributed by atoms with Crippen molar-refractivity contribution in [3.63, 3.8) is 0 Å². The van der Waals surface area contributed by atoms with Crippen molar-refractivity contribution < 1.29 is 9.13 Å². The van der Waals surface area contributed by atoms with Crippen LogP contribution in [0, 0.1) is 11.7 Å². The van der Waals surface area contributed by atoms with E-state index < -0.39 is 0 Å². The van der Waals surface area contributed by atoms with Gasteiger partial charge in [-0.2, -0.15) is 0 Å². The molecule has 3 nitrogen and oxygen atoms in total. The number of rotatable bonds is 6. The Morgan fingerprint density at radius 3 is 3.00 bits per heavy atom. The van der Waals surface area contributed by atoms with Gasteiger partial charge in [-0.25, -0.2) is 4.39 Å². The zero-order chi connectivity index (χ0) is 14.5. The Morgan fingerprint density at radius 2 is 2.30 bits per heavy atom. The first kappa shape index (κ1) is 15.3. The molecule has 0 aliphatic carbocycles. The third kappa shape index (κ3) is 3.49. The first-order chi connectivity index (χ1) is 9.65. The lowest BCUT2D eigenvalue weighted by Gasteiger charge is -2.24. The number of nitrogens with zero attached hydrogens (tertiary/aromatic N) is 1. The molecule has 1 aliphatic heterocycles. The summed E-state index contributed by atoms with van der Waals surface area (Å²) in [6, 6.07) is 5.41. The molecule has 1 fully saturated rings. The normalized spacial score (nSPS) is 20.4. The van der Waals surface area contributed by atoms with E-state index in [1.54, 1.807) is 19.2 Å². The van der Waals surface area contributed by atoms with Gasteiger partial charge >= 0.3 is 0 Å². The Labute approximate surface area is 120 Å². The molecule has 4 heteroatoms. The third-order valence-electron chi connectivity index (χ3n) is 4.08. The Bertz CT molecular complexity index is 438. The van der Waals surface area contributed by atoms with E-state index in [0.29, 0.717) is 5.92 Å². The van der Waals surface area contributed by atoms with Crippen LogP contribution in [0.4, 0.5) is 10.1 Å². The molecule has 1 aromatic rings. The van der Waals surface area contributed by atoms with Crippen LogP contribution in [0.25, 0.3) is 0 Å². The zero-order valence-electron chi connectivity index (χ0n) is 12.4. The third-order valence-corrected chi connectivity index (χ3v) is 4.08. The van der Waals surface area contributed by atoms with E-state index in [1.807, 2.05) is 6.07 Å². The monoisotopic (exact) mass is 280 g/mol. The minimum Gasteiger partial charge on any atom is -0.384 e. The average Bonchev–Trinajstić information content (AvgIpc) is 2.87. The highest BCUT2D eigenvalue weighted by Gasteiger charge is 2.26. The lowest BCUT2D eigenvalue weighted by atomic mass is 10.0. The van der Waals surface area contributed by atoms with Gasteiger partial charge in [-0.1, -0.05) is 19.1 Å². The molecule has 2 rings (SSSR count). The molecule has 0 aromatic heterocycles. The highest BCUT2D eigenvalue weighted by Crippen LogP contribution is 2.30. The van der Waals surface area contributed by atoms with Crippen LogP contribution < -0.4 is 10.6 Å². The second kappa shape index (κ2) is 7.04. The quantitative estimate of drug-likeness (QED) is 0.870. The van der Waals surface area contributed by atoms with Gasteiger partial charge in [0.25, 0.3) is 0 Å². The second-order valence-corrected chi connectivity index (χ2v) is 5.68. The number of nitrogens with two attached hydrogens (primary N) is 1. The van der Waals surface area contributed by atoms with Gasteiger partial charge < -0.3 is 15.4 Å². The molecule has 0 spiro atoms. The zero-order valence-corrected chi connectivity index (χ0v) is 12.4. The van der Waals surface area contributed by atoms with E-state index in [2.05, 4.69) is 11.8 Å². The van der Waals surface area contributed by atoms with E-state index in [1.165, 1.54) is 0 Å². The molecule has 20 heavy (non-hydrogen) atoms. The number of halogens is 1. The van der Waals surface area contributed by atoms with Gasteiger partial charge in [0.05, 0.1) is 12.3 Å². The van der Waals surface area contributed by atoms with Gasteiger partial charge in [0.1, 0.15) is 5.82 Å². The van der Waals surface area contributed by atoms with Crippen LogP contribution in [0.2, 0.25) is 0 Å². The van der Waals surface area contributed by atoms with Crippen molar-refractivity contribution in [2.24, 2.45) is 11.7 Å². The van der Waals surface area contributed by atoms with E-state index >= 15 is 0 Å². The second-order valence-electron chi connectivity index (χ2n) is 5.68. The number of methoxy groups -OCH3 is 1. The van der Waals surface area contributed by atoms with Crippen molar-refractivity contribution in [1.29, 1.82) is 0 Å². The molecule has 2 atom stereocenters. The number of hydrogen-bond acceptors (Lipinski definition) is 3. The fraction of sp³-hybridized carbons (Fsp3) is 0.625. The summed E-state index contributed by atoms with van der Waals surface area (Å²) in [5.41, 5.74) is 7.81. The van der Waals surface area contributed by atoms with Gasteiger partial charge in [-0.05, 0) is 30.9 Å². The van der Waals surface area contributed by atoms with Crippen molar-refractivity contribution >= 4 is 5.69 Å². The van der Waals surface area contributed by atoms with Crippen LogP contribution in [0.3, 0.4) is 0 Å². The lowest BCUT2D eigenvalue weighted by Crippen LogP contribution is -2.26. The Balaban J connectivity index is 2.18. The molecule has 0 amide bonds. The van der Waals surface area contributed by atoms with Crippen LogP contribution in [0.5, 0.6) is 0 Å². The Hall–Kier alpha value is -1.13. The summed E-state index contributed by atoms with van der Waals surface area (Å²) in [4.78, 5) is 2.15. The van der Waals surface area contributed by atoms with Gasteiger partial charge in [0, 0.05) is 32.2 Å². The maximum absolute atomic E-state index is 14.3. The van der Waals surface area contributed by atoms with Crippen LogP contribution in [-0.2, 0) is 11.2 Å². The van der Waals surface area contributed by atoms with E-state index in [4.69, 9.17) is 10.5 Å². The highest BCUT2D eigenvalue weighted by atomic mass is 19.1. The fourth-order valence-corrected chi connectivity index (χ4v) is 2.91. The standard InChI is InChI=1S/C16H25FN2O/c1-3-14(18)9-13-5-4-6-15(17)16(13)19-8-7-12(10-19)11-20-2/h4-6,12,14H,3,7-11,18H2,1-2H3. The topological polar surface area (TPSA) is 38.5 Å². The summed E-state index contributed by atoms with van der Waals surface area (Å²) in [5.74, 6) is 0.358. The highest BCUT2D eigenvalue weighted by molar-refractivity contribution is 5.56. The van der Waals surface area contributed by atoms with Gasteiger partial charge in [-0.15, -0.1) is 0 Å². The van der Waals surface area contributed by atoms with Crippen LogP contribution >= 0.6 is 0 Å². The summed E-state index contributed by atoms with van der Waals surface area (Å²) in [6.45, 7) is 4.56. The first-order valence-electron chi connectivity index (χ1n) is 7.42. The first-order valence-corrected chi connectivity index (χ1v) is 7.42. The van der Waals surface area contributed by atoms with Crippen molar-refractivity contribution in [2.45, 2.75) is 32.2 Å². The number of benzene rings is 1. The van der Waals surface area contributed by atoms with E-state index in [-0.39, 0.29) is 11.9 Å². The molecule has 1 saturated heterocycles. The Kier molecular flexibility index (Phi) is 5.38. The summed E-state index contributed by atoms with van der Waals surface area (Å²) in [5, 5.41) is 0. The van der Waals surface area contributed by atoms with Gasteiger partial charge in [0.15, 0.2) is 0 Å². The number of anilines is 1. The molecule has 112 valence electrons. The largest absolute Gasteiger partial charge is 0.384 e. The lowest BCUT2D eigenvalue weighted by molar-refractivity contribution is 0.161.